The van der Waals surface area contributed by atoms with Gasteiger partial charge in [-0.3, -0.25) is 0 Å². The molecule has 0 fully saturated rings. The van der Waals surface area contributed by atoms with Gasteiger partial charge in [-0.05, 0) is 17.5 Å². The lowest BCUT2D eigenvalue weighted by Gasteiger charge is -2.04. The van der Waals surface area contributed by atoms with Gasteiger partial charge >= 0.3 is 0 Å². The molecule has 1 aromatic carbocycles. The first-order chi connectivity index (χ1) is 7.22. The molecule has 0 bridgehead atoms. The summed E-state index contributed by atoms with van der Waals surface area (Å²) in [5.74, 6) is 0.546. The van der Waals surface area contributed by atoms with Gasteiger partial charge in [0.25, 0.3) is 0 Å². The van der Waals surface area contributed by atoms with Crippen LogP contribution >= 0.6 is 0 Å². The minimum absolute atomic E-state index is 0.546. The van der Waals surface area contributed by atoms with Crippen LogP contribution in [-0.2, 0) is 13.5 Å². The topological polar surface area (TPSA) is 43.8 Å². The van der Waals surface area contributed by atoms with Crippen molar-refractivity contribution in [3.05, 3.63) is 36.0 Å². The van der Waals surface area contributed by atoms with E-state index >= 15 is 0 Å². The fraction of sp³-hybridized carbons (Fsp3) is 0.250. The van der Waals surface area contributed by atoms with E-state index in [9.17, 15) is 0 Å². The van der Waals surface area contributed by atoms with E-state index in [2.05, 4.69) is 36.2 Å². The van der Waals surface area contributed by atoms with Crippen molar-refractivity contribution in [2.45, 2.75) is 13.3 Å². The van der Waals surface area contributed by atoms with Crippen molar-refractivity contribution >= 4 is 5.95 Å². The molecule has 0 aliphatic heterocycles. The minimum atomic E-state index is 0.546. The first-order valence-electron chi connectivity index (χ1n) is 5.09. The summed E-state index contributed by atoms with van der Waals surface area (Å²) in [5, 5.41) is 0. The molecular weight excluding hydrogens is 186 g/mol. The Kier molecular flexibility index (Phi) is 2.46. The fourth-order valence-electron chi connectivity index (χ4n) is 1.60. The van der Waals surface area contributed by atoms with Crippen molar-refractivity contribution in [2.24, 2.45) is 7.05 Å². The largest absolute Gasteiger partial charge is 0.369 e. The molecule has 0 saturated carbocycles. The highest BCUT2D eigenvalue weighted by Crippen LogP contribution is 2.21. The zero-order chi connectivity index (χ0) is 10.8. The summed E-state index contributed by atoms with van der Waals surface area (Å²) in [4.78, 5) is 4.08. The summed E-state index contributed by atoms with van der Waals surface area (Å²) < 4.78 is 1.89. The number of nitrogens with two attached hydrogens (primary N) is 1. The van der Waals surface area contributed by atoms with Crippen molar-refractivity contribution in [3.63, 3.8) is 0 Å². The van der Waals surface area contributed by atoms with E-state index in [0.717, 1.165) is 17.7 Å². The average molecular weight is 201 g/mol. The normalized spacial score (nSPS) is 10.5. The van der Waals surface area contributed by atoms with Crippen LogP contribution in [-0.4, -0.2) is 9.55 Å². The number of nitrogens with zero attached hydrogens (tertiary/aromatic N) is 2. The number of hydrogen-bond donors (Lipinski definition) is 1. The molecule has 3 nitrogen and oxygen atoms in total. The van der Waals surface area contributed by atoms with Crippen LogP contribution in [0.25, 0.3) is 11.3 Å². The lowest BCUT2D eigenvalue weighted by atomic mass is 10.1. The molecule has 3 heteroatoms. The fourth-order valence-corrected chi connectivity index (χ4v) is 1.60. The molecule has 78 valence electrons. The van der Waals surface area contributed by atoms with Crippen LogP contribution in [0.3, 0.4) is 0 Å². The Balaban J connectivity index is 2.41. The van der Waals surface area contributed by atoms with Gasteiger partial charge in [0.1, 0.15) is 0 Å². The van der Waals surface area contributed by atoms with Gasteiger partial charge < -0.3 is 10.3 Å². The van der Waals surface area contributed by atoms with E-state index in [1.807, 2.05) is 11.6 Å². The van der Waals surface area contributed by atoms with Gasteiger partial charge in [-0.2, -0.15) is 0 Å². The van der Waals surface area contributed by atoms with E-state index in [1.54, 1.807) is 6.20 Å². The average Bonchev–Trinajstić information content (AvgIpc) is 2.60. The quantitative estimate of drug-likeness (QED) is 0.809. The Morgan fingerprint density at radius 1 is 1.27 bits per heavy atom. The standard InChI is InChI=1S/C12H15N3/c1-3-9-4-6-10(7-5-9)11-8-14-12(13)15(11)2/h4-8H,3H2,1-2H3,(H2,13,14). The van der Waals surface area contributed by atoms with E-state index in [4.69, 9.17) is 5.73 Å². The summed E-state index contributed by atoms with van der Waals surface area (Å²) in [5.41, 5.74) is 9.23. The lowest BCUT2D eigenvalue weighted by molar-refractivity contribution is 0.938. The maximum Gasteiger partial charge on any atom is 0.200 e. The molecule has 2 N–H and O–H groups in total. The van der Waals surface area contributed by atoms with E-state index in [0.29, 0.717) is 5.95 Å². The van der Waals surface area contributed by atoms with Gasteiger partial charge in [0.2, 0.25) is 0 Å². The molecule has 0 atom stereocenters. The van der Waals surface area contributed by atoms with Crippen molar-refractivity contribution in [1.82, 2.24) is 9.55 Å². The highest BCUT2D eigenvalue weighted by atomic mass is 15.1. The van der Waals surface area contributed by atoms with Gasteiger partial charge in [0.15, 0.2) is 5.95 Å². The number of aryl methyl sites for hydroxylation is 1. The second-order valence-electron chi connectivity index (χ2n) is 3.61. The van der Waals surface area contributed by atoms with E-state index in [1.165, 1.54) is 5.56 Å². The van der Waals surface area contributed by atoms with Gasteiger partial charge in [-0.25, -0.2) is 4.98 Å². The number of anilines is 1. The van der Waals surface area contributed by atoms with Crippen LogP contribution in [0.5, 0.6) is 0 Å². The molecule has 0 amide bonds. The number of hydrogen-bond acceptors (Lipinski definition) is 2. The number of benzene rings is 1. The van der Waals surface area contributed by atoms with Crippen molar-refractivity contribution < 1.29 is 0 Å². The van der Waals surface area contributed by atoms with Gasteiger partial charge in [-0.15, -0.1) is 0 Å². The zero-order valence-corrected chi connectivity index (χ0v) is 9.07. The second kappa shape index (κ2) is 3.77. The maximum absolute atomic E-state index is 5.69. The first-order valence-corrected chi connectivity index (χ1v) is 5.09. The van der Waals surface area contributed by atoms with Crippen molar-refractivity contribution in [1.29, 1.82) is 0 Å². The molecule has 0 aliphatic rings. The zero-order valence-electron chi connectivity index (χ0n) is 9.07. The number of aromatic nitrogens is 2. The summed E-state index contributed by atoms with van der Waals surface area (Å²) in [6.45, 7) is 2.15. The van der Waals surface area contributed by atoms with Crippen LogP contribution < -0.4 is 5.73 Å². The minimum Gasteiger partial charge on any atom is -0.369 e. The van der Waals surface area contributed by atoms with E-state index < -0.39 is 0 Å². The monoisotopic (exact) mass is 201 g/mol. The molecule has 2 rings (SSSR count). The first kappa shape index (κ1) is 9.77. The number of imidazole rings is 1. The van der Waals surface area contributed by atoms with E-state index in [-0.39, 0.29) is 0 Å². The Morgan fingerprint density at radius 2 is 1.93 bits per heavy atom. The molecule has 15 heavy (non-hydrogen) atoms. The summed E-state index contributed by atoms with van der Waals surface area (Å²) in [6, 6.07) is 8.49. The summed E-state index contributed by atoms with van der Waals surface area (Å²) in [7, 11) is 1.92. The highest BCUT2D eigenvalue weighted by molar-refractivity contribution is 5.61. The Labute approximate surface area is 89.6 Å². The van der Waals surface area contributed by atoms with Gasteiger partial charge in [-0.1, -0.05) is 31.2 Å². The maximum atomic E-state index is 5.69. The predicted molar refractivity (Wildman–Crippen MR) is 62.4 cm³/mol. The molecule has 2 aromatic rings. The van der Waals surface area contributed by atoms with Crippen LogP contribution in [0, 0.1) is 0 Å². The molecule has 0 saturated heterocycles. The third-order valence-corrected chi connectivity index (χ3v) is 2.68. The van der Waals surface area contributed by atoms with Gasteiger partial charge in [0, 0.05) is 7.05 Å². The van der Waals surface area contributed by atoms with Crippen LogP contribution in [0.2, 0.25) is 0 Å². The molecule has 1 aromatic heterocycles. The van der Waals surface area contributed by atoms with Crippen molar-refractivity contribution in [2.75, 3.05) is 5.73 Å². The van der Waals surface area contributed by atoms with Crippen LogP contribution in [0.1, 0.15) is 12.5 Å². The smallest absolute Gasteiger partial charge is 0.200 e. The Bertz CT molecular complexity index is 454. The summed E-state index contributed by atoms with van der Waals surface area (Å²) >= 11 is 0. The summed E-state index contributed by atoms with van der Waals surface area (Å²) in [6.07, 6.45) is 2.87. The molecule has 0 unspecified atom stereocenters. The second-order valence-corrected chi connectivity index (χ2v) is 3.61. The molecular formula is C12H15N3. The van der Waals surface area contributed by atoms with Crippen LogP contribution in [0.15, 0.2) is 30.5 Å². The lowest BCUT2D eigenvalue weighted by Crippen LogP contribution is -1.98. The van der Waals surface area contributed by atoms with Crippen molar-refractivity contribution in [3.8, 4) is 11.3 Å². The SMILES string of the molecule is CCc1ccc(-c2cnc(N)n2C)cc1. The molecule has 1 heterocycles. The molecule has 0 spiro atoms. The third kappa shape index (κ3) is 1.73. The molecule has 0 aliphatic carbocycles. The highest BCUT2D eigenvalue weighted by Gasteiger charge is 2.05. The Morgan fingerprint density at radius 3 is 2.40 bits per heavy atom. The molecule has 0 radical (unpaired) electrons. The Hall–Kier alpha value is -1.77. The number of rotatable bonds is 2. The number of nitrogen functional groups attached to an aromatic ring is 1. The third-order valence-electron chi connectivity index (χ3n) is 2.68. The van der Waals surface area contributed by atoms with Crippen LogP contribution in [0.4, 0.5) is 5.95 Å². The predicted octanol–water partition coefficient (Wildman–Crippen LogP) is 2.23. The van der Waals surface area contributed by atoms with Gasteiger partial charge in [0.05, 0.1) is 11.9 Å².